The van der Waals surface area contributed by atoms with Gasteiger partial charge in [-0.1, -0.05) is 220 Å². The summed E-state index contributed by atoms with van der Waals surface area (Å²) in [4.78, 5) is 47.1. The van der Waals surface area contributed by atoms with Crippen LogP contribution in [0.25, 0.3) is 27.1 Å². The van der Waals surface area contributed by atoms with Crippen LogP contribution >= 0.6 is 0 Å². The van der Waals surface area contributed by atoms with Crippen molar-refractivity contribution in [3.8, 4) is 0 Å². The second-order valence-electron chi connectivity index (χ2n) is 34.5. The van der Waals surface area contributed by atoms with Gasteiger partial charge in [0.1, 0.15) is 5.76 Å². The van der Waals surface area contributed by atoms with Crippen molar-refractivity contribution in [1.82, 2.24) is 5.32 Å². The number of hydrogen-bond acceptors (Lipinski definition) is 5. The Bertz CT molecular complexity index is 3610. The highest BCUT2D eigenvalue weighted by Crippen LogP contribution is 2.46. The number of ketones is 1. The molecule has 5 aromatic carbocycles. The molecule has 0 aromatic heterocycles. The van der Waals surface area contributed by atoms with Crippen molar-refractivity contribution in [2.45, 2.75) is 217 Å². The number of anilines is 3. The monoisotopic (exact) mass is 1250 g/mol. The molecule has 0 fully saturated rings. The average Bonchev–Trinajstić information content (AvgIpc) is 0.733. The lowest BCUT2D eigenvalue weighted by atomic mass is 9.76. The first-order chi connectivity index (χ1) is 42.8. The fourth-order valence-electron chi connectivity index (χ4n) is 14.4. The maximum atomic E-state index is 15.5. The maximum Gasteiger partial charge on any atom is 0.230 e. The Kier molecular flexibility index (Phi) is 23.3. The lowest BCUT2D eigenvalue weighted by molar-refractivity contribution is -0.450. The van der Waals surface area contributed by atoms with Gasteiger partial charge in [0.2, 0.25) is 29.0 Å². The van der Waals surface area contributed by atoms with Crippen molar-refractivity contribution < 1.29 is 24.1 Å². The van der Waals surface area contributed by atoms with Gasteiger partial charge in [-0.05, 0) is 167 Å². The van der Waals surface area contributed by atoms with Crippen LogP contribution in [0.2, 0.25) is 0 Å². The SMILES string of the molecule is CCC(C)(C)C(=O)NC1=CC(=[N+](CC(CCC(C)CC(C)(C)C)C(C)CC(C)(C)C)c2ccc3ccccc3c2)C=C/C1=C1\C(=O)C(c2ccc(N(CC(CCC(C)CC(C)(C)C)C(C)CC(C)(C)C)c3ccc4ccccc4c3)cc2NC(=O)C(C)(C)CC)=C1O. The van der Waals surface area contributed by atoms with Gasteiger partial charge in [-0.25, -0.2) is 0 Å². The molecule has 0 radical (unpaired) electrons. The van der Waals surface area contributed by atoms with Crippen LogP contribution in [-0.4, -0.2) is 46.1 Å². The van der Waals surface area contributed by atoms with E-state index in [0.29, 0.717) is 70.9 Å². The van der Waals surface area contributed by atoms with Crippen LogP contribution in [0.15, 0.2) is 144 Å². The average molecular weight is 1250 g/mol. The molecule has 0 saturated heterocycles. The predicted molar refractivity (Wildman–Crippen MR) is 393 cm³/mol. The van der Waals surface area contributed by atoms with Crippen LogP contribution < -0.4 is 15.5 Å². The largest absolute Gasteiger partial charge is 0.506 e. The van der Waals surface area contributed by atoms with Gasteiger partial charge in [-0.15, -0.1) is 0 Å². The fourth-order valence-corrected chi connectivity index (χ4v) is 14.4. The Morgan fingerprint density at radius 1 is 0.522 bits per heavy atom. The number of aliphatic hydroxyl groups excluding tert-OH is 1. The Labute approximate surface area is 557 Å². The Balaban J connectivity index is 1.42. The maximum absolute atomic E-state index is 15.5. The first kappa shape index (κ1) is 72.9. The molecule has 2 aliphatic carbocycles. The molecule has 92 heavy (non-hydrogen) atoms. The molecule has 8 nitrogen and oxygen atoms in total. The van der Waals surface area contributed by atoms with Crippen molar-refractivity contribution in [1.29, 1.82) is 0 Å². The van der Waals surface area contributed by atoms with Crippen LogP contribution in [0.5, 0.6) is 0 Å². The van der Waals surface area contributed by atoms with Gasteiger partial charge < -0.3 is 20.6 Å². The molecule has 5 aromatic rings. The van der Waals surface area contributed by atoms with Crippen LogP contribution in [-0.2, 0) is 14.4 Å². The third-order valence-corrected chi connectivity index (χ3v) is 20.0. The van der Waals surface area contributed by atoms with E-state index in [2.05, 4.69) is 228 Å². The second kappa shape index (κ2) is 29.4. The molecular formula is C84H119N4O4+. The van der Waals surface area contributed by atoms with E-state index >= 15 is 4.79 Å². The fraction of sp³-hybridized carbons (Fsp3) is 0.548. The van der Waals surface area contributed by atoms with Crippen molar-refractivity contribution in [2.24, 2.45) is 68.0 Å². The quantitative estimate of drug-likeness (QED) is 0.0378. The molecule has 6 unspecified atom stereocenters. The summed E-state index contributed by atoms with van der Waals surface area (Å²) in [6.07, 6.45) is 16.0. The van der Waals surface area contributed by atoms with E-state index in [4.69, 9.17) is 0 Å². The number of carbonyl (C=O) groups excluding carboxylic acids is 3. The highest BCUT2D eigenvalue weighted by atomic mass is 16.3. The number of aliphatic hydroxyl groups is 1. The number of amides is 2. The molecule has 0 spiro atoms. The lowest BCUT2D eigenvalue weighted by Gasteiger charge is -2.36. The van der Waals surface area contributed by atoms with Gasteiger partial charge in [-0.2, -0.15) is 4.58 Å². The summed E-state index contributed by atoms with van der Waals surface area (Å²) in [5.41, 5.74) is 5.14. The number of nitrogens with zero attached hydrogens (tertiary/aromatic N) is 2. The molecule has 0 saturated carbocycles. The first-order valence-corrected chi connectivity index (χ1v) is 35.1. The minimum atomic E-state index is -0.739. The zero-order valence-corrected chi connectivity index (χ0v) is 61.1. The van der Waals surface area contributed by atoms with Crippen molar-refractivity contribution in [3.63, 3.8) is 0 Å². The Morgan fingerprint density at radius 3 is 1.51 bits per heavy atom. The number of hydrogen-bond donors (Lipinski definition) is 3. The van der Waals surface area contributed by atoms with E-state index < -0.39 is 10.8 Å². The smallest absolute Gasteiger partial charge is 0.230 e. The Morgan fingerprint density at radius 2 is 0.989 bits per heavy atom. The summed E-state index contributed by atoms with van der Waals surface area (Å²) in [6, 6.07) is 36.3. The van der Waals surface area contributed by atoms with E-state index in [1.54, 1.807) is 0 Å². The molecule has 6 atom stereocenters. The summed E-state index contributed by atoms with van der Waals surface area (Å²) in [5, 5.41) is 24.0. The summed E-state index contributed by atoms with van der Waals surface area (Å²) < 4.78 is 2.42. The molecule has 3 N–H and O–H groups in total. The summed E-state index contributed by atoms with van der Waals surface area (Å²) in [5.74, 6) is 1.68. The van der Waals surface area contributed by atoms with Gasteiger partial charge in [0.25, 0.3) is 0 Å². The molecule has 0 heterocycles. The minimum Gasteiger partial charge on any atom is -0.506 e. The molecule has 7 rings (SSSR count). The van der Waals surface area contributed by atoms with Gasteiger partial charge in [0, 0.05) is 70.1 Å². The molecule has 8 heteroatoms. The molecule has 498 valence electrons. The van der Waals surface area contributed by atoms with E-state index in [9.17, 15) is 14.7 Å². The summed E-state index contributed by atoms with van der Waals surface area (Å²) >= 11 is 0. The van der Waals surface area contributed by atoms with Crippen LogP contribution in [0.1, 0.15) is 222 Å². The molecule has 0 bridgehead atoms. The number of nitrogens with one attached hydrogen (secondary N) is 2. The highest BCUT2D eigenvalue weighted by Gasteiger charge is 2.42. The van der Waals surface area contributed by atoms with E-state index in [1.165, 1.54) is 0 Å². The van der Waals surface area contributed by atoms with E-state index in [1.807, 2.05) is 65.8 Å². The lowest BCUT2D eigenvalue weighted by Crippen LogP contribution is -2.38. The van der Waals surface area contributed by atoms with Crippen LogP contribution in [0.3, 0.4) is 0 Å². The molecule has 0 aliphatic heterocycles. The number of carbonyl (C=O) groups is 3. The van der Waals surface area contributed by atoms with E-state index in [0.717, 1.165) is 109 Å². The topological polar surface area (TPSA) is 102 Å². The zero-order valence-electron chi connectivity index (χ0n) is 61.1. The van der Waals surface area contributed by atoms with E-state index in [-0.39, 0.29) is 56.2 Å². The number of benzene rings is 5. The number of rotatable bonds is 26. The number of fused-ring (bicyclic) bond motifs is 2. The standard InChI is InChI=1S/C84H118N4O4/c1-23-83(19,20)77(91)85-71-47-67(87(65-39-37-59-29-25-27-31-61(59)45-65)53-63(57(5)51-81(13,14)15)35-33-55(3)49-79(7,8)9)41-43-69(71)73-75(89)74(76(73)90)70-44-42-68(48-72(70)86-78(92)84(21,22)24-2)88(66-40-38-60-30-26-28-32-62(60)46-66)54-64(58(6)52-82(16,17)18)36-34-56(4)50-80(10,11)12/h25-32,37-48,55-58,63-64H,23-24,33-36,49-54H2,1-22H3,(H2,85,86,89,90,91,92)/p+1. The van der Waals surface area contributed by atoms with Crippen LogP contribution in [0, 0.1) is 68.0 Å². The second-order valence-corrected chi connectivity index (χ2v) is 34.5. The molecule has 2 amide bonds. The highest BCUT2D eigenvalue weighted by molar-refractivity contribution is 6.40. The van der Waals surface area contributed by atoms with Gasteiger partial charge in [0.15, 0.2) is 6.54 Å². The van der Waals surface area contributed by atoms with Gasteiger partial charge >= 0.3 is 0 Å². The normalized spacial score (nSPS) is 17.8. The summed E-state index contributed by atoms with van der Waals surface area (Å²) in [7, 11) is 0. The summed E-state index contributed by atoms with van der Waals surface area (Å²) in [6.45, 7) is 51.0. The zero-order chi connectivity index (χ0) is 68.1. The molecule has 2 aliphatic rings. The third-order valence-electron chi connectivity index (χ3n) is 20.0. The van der Waals surface area contributed by atoms with Crippen molar-refractivity contribution in [2.75, 3.05) is 23.3 Å². The first-order valence-electron chi connectivity index (χ1n) is 35.1. The number of allylic oxidation sites excluding steroid dienone is 5. The molecular weight excluding hydrogens is 1130 g/mol. The van der Waals surface area contributed by atoms with Crippen molar-refractivity contribution in [3.05, 3.63) is 150 Å². The minimum absolute atomic E-state index is 0.127. The predicted octanol–water partition coefficient (Wildman–Crippen LogP) is 22.5. The third kappa shape index (κ3) is 19.3. The van der Waals surface area contributed by atoms with Crippen LogP contribution in [0.4, 0.5) is 22.7 Å². The van der Waals surface area contributed by atoms with Gasteiger partial charge in [-0.3, -0.25) is 14.4 Å². The van der Waals surface area contributed by atoms with Crippen molar-refractivity contribution >= 4 is 73.2 Å². The Hall–Kier alpha value is -6.54. The number of Topliss-reactive ketones (excluding diaryl/α,β-unsaturated/α-hetero) is 1. The van der Waals surface area contributed by atoms with Gasteiger partial charge in [0.05, 0.1) is 22.5 Å².